The third-order valence-corrected chi connectivity index (χ3v) is 3.24. The maximum Gasteiger partial charge on any atom is 0.144 e. The Morgan fingerprint density at radius 2 is 2.22 bits per heavy atom. The standard InChI is InChI=1S/C13H15N3OS/c1-17-11-4-3-10(7-12(11)18-2)8-16-13-9-14-5-6-15-13/h3-7,9H,8H2,1-2H3,(H,15,16). The molecule has 0 saturated carbocycles. The van der Waals surface area contributed by atoms with Crippen molar-refractivity contribution in [2.45, 2.75) is 11.4 Å². The molecule has 0 spiro atoms. The van der Waals surface area contributed by atoms with Crippen molar-refractivity contribution in [3.8, 4) is 5.75 Å². The maximum absolute atomic E-state index is 5.29. The van der Waals surface area contributed by atoms with E-state index in [1.54, 1.807) is 37.5 Å². The predicted octanol–water partition coefficient (Wildman–Crippen LogP) is 2.82. The second-order valence-electron chi connectivity index (χ2n) is 3.63. The lowest BCUT2D eigenvalue weighted by Gasteiger charge is -2.09. The van der Waals surface area contributed by atoms with E-state index < -0.39 is 0 Å². The number of methoxy groups -OCH3 is 1. The first-order valence-corrected chi connectivity index (χ1v) is 6.76. The Bertz CT molecular complexity index is 505. The molecule has 94 valence electrons. The lowest BCUT2D eigenvalue weighted by Crippen LogP contribution is -2.01. The Hall–Kier alpha value is -1.75. The lowest BCUT2D eigenvalue weighted by molar-refractivity contribution is 0.404. The molecule has 1 aromatic heterocycles. The van der Waals surface area contributed by atoms with E-state index in [9.17, 15) is 0 Å². The molecule has 0 amide bonds. The molecule has 0 radical (unpaired) electrons. The number of benzene rings is 1. The van der Waals surface area contributed by atoms with Crippen molar-refractivity contribution in [2.75, 3.05) is 18.7 Å². The van der Waals surface area contributed by atoms with E-state index in [-0.39, 0.29) is 0 Å². The highest BCUT2D eigenvalue weighted by atomic mass is 32.2. The van der Waals surface area contributed by atoms with E-state index in [1.807, 2.05) is 18.4 Å². The molecule has 18 heavy (non-hydrogen) atoms. The minimum Gasteiger partial charge on any atom is -0.496 e. The Balaban J connectivity index is 2.06. The van der Waals surface area contributed by atoms with E-state index in [0.717, 1.165) is 23.0 Å². The van der Waals surface area contributed by atoms with Crippen molar-refractivity contribution < 1.29 is 4.74 Å². The number of ether oxygens (including phenoxy) is 1. The first kappa shape index (κ1) is 12.7. The van der Waals surface area contributed by atoms with Gasteiger partial charge in [-0.15, -0.1) is 11.8 Å². The van der Waals surface area contributed by atoms with E-state index in [0.29, 0.717) is 0 Å². The van der Waals surface area contributed by atoms with E-state index in [2.05, 4.69) is 21.4 Å². The van der Waals surface area contributed by atoms with Crippen LogP contribution in [0.4, 0.5) is 5.82 Å². The average molecular weight is 261 g/mol. The summed E-state index contributed by atoms with van der Waals surface area (Å²) in [7, 11) is 1.69. The quantitative estimate of drug-likeness (QED) is 0.839. The minimum absolute atomic E-state index is 0.718. The molecule has 2 aromatic rings. The van der Waals surface area contributed by atoms with Crippen LogP contribution in [0.25, 0.3) is 0 Å². The highest BCUT2D eigenvalue weighted by Gasteiger charge is 2.03. The summed E-state index contributed by atoms with van der Waals surface area (Å²) in [6.07, 6.45) is 7.07. The van der Waals surface area contributed by atoms with Crippen LogP contribution < -0.4 is 10.1 Å². The third kappa shape index (κ3) is 3.13. The van der Waals surface area contributed by atoms with E-state index >= 15 is 0 Å². The maximum atomic E-state index is 5.29. The van der Waals surface area contributed by atoms with Gasteiger partial charge in [0.05, 0.1) is 13.3 Å². The van der Waals surface area contributed by atoms with E-state index in [1.165, 1.54) is 5.56 Å². The molecule has 1 heterocycles. The van der Waals surface area contributed by atoms with Gasteiger partial charge in [-0.2, -0.15) is 0 Å². The molecule has 0 aliphatic rings. The van der Waals surface area contributed by atoms with Gasteiger partial charge in [-0.3, -0.25) is 4.98 Å². The smallest absolute Gasteiger partial charge is 0.144 e. The Labute approximate surface area is 111 Å². The molecule has 1 aromatic carbocycles. The summed E-state index contributed by atoms with van der Waals surface area (Å²) in [5.74, 6) is 1.68. The second-order valence-corrected chi connectivity index (χ2v) is 4.48. The molecule has 0 atom stereocenters. The number of hydrogen-bond donors (Lipinski definition) is 1. The van der Waals surface area contributed by atoms with Crippen LogP contribution in [0.1, 0.15) is 5.56 Å². The summed E-state index contributed by atoms with van der Waals surface area (Å²) in [4.78, 5) is 9.31. The number of rotatable bonds is 5. The number of aromatic nitrogens is 2. The van der Waals surface area contributed by atoms with Gasteiger partial charge in [0.25, 0.3) is 0 Å². The fourth-order valence-electron chi connectivity index (χ4n) is 1.57. The van der Waals surface area contributed by atoms with Crippen LogP contribution in [0.5, 0.6) is 5.75 Å². The summed E-state index contributed by atoms with van der Waals surface area (Å²) < 4.78 is 5.29. The van der Waals surface area contributed by atoms with Gasteiger partial charge in [0.2, 0.25) is 0 Å². The van der Waals surface area contributed by atoms with Gasteiger partial charge in [0.15, 0.2) is 0 Å². The van der Waals surface area contributed by atoms with Crippen molar-refractivity contribution >= 4 is 17.6 Å². The molecule has 1 N–H and O–H groups in total. The summed E-state index contributed by atoms with van der Waals surface area (Å²) in [6, 6.07) is 6.15. The summed E-state index contributed by atoms with van der Waals surface area (Å²) in [6.45, 7) is 0.718. The molecular weight excluding hydrogens is 246 g/mol. The zero-order valence-corrected chi connectivity index (χ0v) is 11.2. The molecule has 5 heteroatoms. The van der Waals surface area contributed by atoms with Crippen LogP contribution in [0.3, 0.4) is 0 Å². The Morgan fingerprint density at radius 3 is 2.89 bits per heavy atom. The van der Waals surface area contributed by atoms with Crippen molar-refractivity contribution in [1.29, 1.82) is 0 Å². The summed E-state index contributed by atoms with van der Waals surface area (Å²) in [5.41, 5.74) is 1.19. The lowest BCUT2D eigenvalue weighted by atomic mass is 10.2. The molecule has 2 rings (SSSR count). The number of anilines is 1. The first-order valence-electron chi connectivity index (χ1n) is 5.54. The largest absolute Gasteiger partial charge is 0.496 e. The van der Waals surface area contributed by atoms with Crippen molar-refractivity contribution in [1.82, 2.24) is 9.97 Å². The van der Waals surface area contributed by atoms with Gasteiger partial charge in [-0.05, 0) is 24.0 Å². The van der Waals surface area contributed by atoms with Gasteiger partial charge in [0.1, 0.15) is 11.6 Å². The first-order chi connectivity index (χ1) is 8.83. The Morgan fingerprint density at radius 1 is 1.33 bits per heavy atom. The van der Waals surface area contributed by atoms with Crippen LogP contribution in [0, 0.1) is 0 Å². The highest BCUT2D eigenvalue weighted by Crippen LogP contribution is 2.28. The predicted molar refractivity (Wildman–Crippen MR) is 74.1 cm³/mol. The summed E-state index contributed by atoms with van der Waals surface area (Å²) in [5, 5.41) is 3.23. The molecule has 4 nitrogen and oxygen atoms in total. The monoisotopic (exact) mass is 261 g/mol. The van der Waals surface area contributed by atoms with Crippen LogP contribution in [0.15, 0.2) is 41.7 Å². The third-order valence-electron chi connectivity index (χ3n) is 2.48. The fourth-order valence-corrected chi connectivity index (χ4v) is 2.20. The number of hydrogen-bond acceptors (Lipinski definition) is 5. The highest BCUT2D eigenvalue weighted by molar-refractivity contribution is 7.98. The number of nitrogens with zero attached hydrogens (tertiary/aromatic N) is 2. The molecule has 0 aliphatic heterocycles. The van der Waals surface area contributed by atoms with Crippen molar-refractivity contribution in [3.05, 3.63) is 42.4 Å². The molecule has 0 unspecified atom stereocenters. The second kappa shape index (κ2) is 6.26. The molecule has 0 saturated heterocycles. The zero-order valence-electron chi connectivity index (χ0n) is 10.4. The molecular formula is C13H15N3OS. The SMILES string of the molecule is COc1ccc(CNc2cnccn2)cc1SC. The molecule has 0 fully saturated rings. The van der Waals surface area contributed by atoms with Crippen molar-refractivity contribution in [2.24, 2.45) is 0 Å². The topological polar surface area (TPSA) is 47.0 Å². The Kier molecular flexibility index (Phi) is 4.41. The van der Waals surface area contributed by atoms with Crippen LogP contribution >= 0.6 is 11.8 Å². The zero-order chi connectivity index (χ0) is 12.8. The van der Waals surface area contributed by atoms with E-state index in [4.69, 9.17) is 4.74 Å². The molecule has 0 aliphatic carbocycles. The normalized spacial score (nSPS) is 10.1. The minimum atomic E-state index is 0.718. The molecule has 0 bridgehead atoms. The van der Waals surface area contributed by atoms with Gasteiger partial charge >= 0.3 is 0 Å². The van der Waals surface area contributed by atoms with Gasteiger partial charge < -0.3 is 10.1 Å². The van der Waals surface area contributed by atoms with Crippen LogP contribution in [-0.4, -0.2) is 23.3 Å². The average Bonchev–Trinajstić information content (AvgIpc) is 2.45. The van der Waals surface area contributed by atoms with Crippen LogP contribution in [-0.2, 0) is 6.54 Å². The van der Waals surface area contributed by atoms with Gasteiger partial charge in [-0.1, -0.05) is 6.07 Å². The number of nitrogens with one attached hydrogen (secondary N) is 1. The van der Waals surface area contributed by atoms with Crippen LogP contribution in [0.2, 0.25) is 0 Å². The van der Waals surface area contributed by atoms with Crippen molar-refractivity contribution in [3.63, 3.8) is 0 Å². The number of thioether (sulfide) groups is 1. The summed E-state index contributed by atoms with van der Waals surface area (Å²) >= 11 is 1.68. The fraction of sp³-hybridized carbons (Fsp3) is 0.231. The van der Waals surface area contributed by atoms with Gasteiger partial charge in [0, 0.05) is 23.8 Å². The van der Waals surface area contributed by atoms with Gasteiger partial charge in [-0.25, -0.2) is 4.98 Å².